The number of halogens is 1. The number of nitrogens with one attached hydrogen (secondary N) is 2. The number of rotatable bonds is 11. The number of methoxy groups -OCH3 is 1. The molecule has 0 aromatic heterocycles. The molecule has 0 spiro atoms. The molecule has 0 bridgehead atoms. The molecule has 9 heteroatoms. The Hall–Kier alpha value is -1.30. The van der Waals surface area contributed by atoms with E-state index in [-0.39, 0.29) is 24.0 Å². The molecule has 0 saturated carbocycles. The molecule has 0 amide bonds. The van der Waals surface area contributed by atoms with Crippen LogP contribution in [0.5, 0.6) is 11.5 Å². The molecule has 1 unspecified atom stereocenters. The maximum Gasteiger partial charge on any atom is 0.191 e. The summed E-state index contributed by atoms with van der Waals surface area (Å²) in [5, 5.41) is 17.3. The smallest absolute Gasteiger partial charge is 0.191 e. The summed E-state index contributed by atoms with van der Waals surface area (Å²) in [6.07, 6.45) is 0.947. The lowest BCUT2D eigenvalue weighted by Crippen LogP contribution is -2.52. The lowest BCUT2D eigenvalue weighted by Gasteiger charge is -2.34. The van der Waals surface area contributed by atoms with Crippen molar-refractivity contribution in [2.24, 2.45) is 4.99 Å². The number of ether oxygens (including phenoxy) is 3. The molecule has 31 heavy (non-hydrogen) atoms. The molecule has 178 valence electrons. The van der Waals surface area contributed by atoms with E-state index in [1.807, 2.05) is 32.0 Å². The highest BCUT2D eigenvalue weighted by Crippen LogP contribution is 2.28. The highest BCUT2D eigenvalue weighted by atomic mass is 127. The van der Waals surface area contributed by atoms with Gasteiger partial charge in [0.2, 0.25) is 0 Å². The van der Waals surface area contributed by atoms with Crippen LogP contribution in [-0.4, -0.2) is 81.2 Å². The van der Waals surface area contributed by atoms with Gasteiger partial charge in [-0.05, 0) is 38.0 Å². The third kappa shape index (κ3) is 10.2. The van der Waals surface area contributed by atoms with E-state index < -0.39 is 5.60 Å². The zero-order valence-electron chi connectivity index (χ0n) is 19.3. The van der Waals surface area contributed by atoms with Crippen LogP contribution in [0, 0.1) is 0 Å². The number of hydrogen-bond acceptors (Lipinski definition) is 6. The van der Waals surface area contributed by atoms with E-state index in [4.69, 9.17) is 14.2 Å². The molecular weight excluding hydrogens is 511 g/mol. The summed E-state index contributed by atoms with van der Waals surface area (Å²) in [5.74, 6) is 2.13. The van der Waals surface area contributed by atoms with E-state index in [9.17, 15) is 5.11 Å². The van der Waals surface area contributed by atoms with Gasteiger partial charge in [0.1, 0.15) is 0 Å². The number of benzene rings is 1. The summed E-state index contributed by atoms with van der Waals surface area (Å²) in [6.45, 7) is 12.0. The molecule has 1 heterocycles. The molecule has 1 aromatic rings. The van der Waals surface area contributed by atoms with E-state index in [1.165, 1.54) is 0 Å². The zero-order chi connectivity index (χ0) is 21.8. The fraction of sp³-hybridized carbons (Fsp3) is 0.682. The largest absolute Gasteiger partial charge is 0.493 e. The molecule has 3 N–H and O–H groups in total. The average Bonchev–Trinajstić information content (AvgIpc) is 2.75. The van der Waals surface area contributed by atoms with Crippen molar-refractivity contribution >= 4 is 29.9 Å². The molecule has 1 aliphatic rings. The first-order valence-corrected chi connectivity index (χ1v) is 10.8. The van der Waals surface area contributed by atoms with Crippen molar-refractivity contribution in [2.45, 2.75) is 39.3 Å². The fourth-order valence-corrected chi connectivity index (χ4v) is 3.22. The molecule has 0 aliphatic carbocycles. The number of aliphatic hydroxyl groups is 1. The van der Waals surface area contributed by atoms with Gasteiger partial charge in [0.05, 0.1) is 39.1 Å². The third-order valence-corrected chi connectivity index (χ3v) is 4.76. The highest BCUT2D eigenvalue weighted by molar-refractivity contribution is 14.0. The molecular formula is C22H39IN4O4. The molecule has 8 nitrogen and oxygen atoms in total. The number of morpholine rings is 1. The second-order valence-corrected chi connectivity index (χ2v) is 7.77. The summed E-state index contributed by atoms with van der Waals surface area (Å²) >= 11 is 0. The number of aliphatic imine (C=N–C) groups is 1. The molecule has 1 aromatic carbocycles. The van der Waals surface area contributed by atoms with Crippen molar-refractivity contribution in [3.8, 4) is 11.5 Å². The van der Waals surface area contributed by atoms with Crippen molar-refractivity contribution in [3.05, 3.63) is 23.8 Å². The predicted molar refractivity (Wildman–Crippen MR) is 135 cm³/mol. The van der Waals surface area contributed by atoms with Crippen LogP contribution >= 0.6 is 24.0 Å². The summed E-state index contributed by atoms with van der Waals surface area (Å²) in [4.78, 5) is 6.88. The number of β-amino-alcohol motifs (C(OH)–C–C–N with tert-alkyl or cyclic N) is 1. The van der Waals surface area contributed by atoms with Crippen LogP contribution in [0.15, 0.2) is 23.2 Å². The van der Waals surface area contributed by atoms with Crippen LogP contribution in [0.1, 0.15) is 32.8 Å². The molecule has 2 rings (SSSR count). The number of nitrogens with zero attached hydrogens (tertiary/aromatic N) is 2. The maximum atomic E-state index is 10.8. The zero-order valence-corrected chi connectivity index (χ0v) is 21.6. The maximum absolute atomic E-state index is 10.8. The second kappa shape index (κ2) is 14.7. The Morgan fingerprint density at radius 1 is 1.23 bits per heavy atom. The fourth-order valence-electron chi connectivity index (χ4n) is 3.22. The number of hydrogen-bond donors (Lipinski definition) is 3. The Labute approximate surface area is 203 Å². The normalized spacial score (nSPS) is 16.7. The first-order valence-electron chi connectivity index (χ1n) is 10.8. The van der Waals surface area contributed by atoms with Gasteiger partial charge in [-0.25, -0.2) is 4.99 Å². The van der Waals surface area contributed by atoms with Gasteiger partial charge in [-0.3, -0.25) is 4.90 Å². The van der Waals surface area contributed by atoms with E-state index in [2.05, 4.69) is 27.4 Å². The van der Waals surface area contributed by atoms with Crippen molar-refractivity contribution < 1.29 is 19.3 Å². The SMILES string of the molecule is CCCOc1ccc(CN=C(NCC)NCC(C)(O)CN2CCOCC2)cc1OC.I. The van der Waals surface area contributed by atoms with Gasteiger partial charge in [-0.15, -0.1) is 24.0 Å². The van der Waals surface area contributed by atoms with Crippen molar-refractivity contribution in [1.29, 1.82) is 0 Å². The van der Waals surface area contributed by atoms with E-state index in [0.717, 1.165) is 50.6 Å². The Balaban J connectivity index is 0.00000480. The van der Waals surface area contributed by atoms with E-state index in [0.29, 0.717) is 38.0 Å². The van der Waals surface area contributed by atoms with Crippen molar-refractivity contribution in [3.63, 3.8) is 0 Å². The van der Waals surface area contributed by atoms with Crippen molar-refractivity contribution in [2.75, 3.05) is 59.7 Å². The van der Waals surface area contributed by atoms with Gasteiger partial charge in [-0.1, -0.05) is 13.0 Å². The van der Waals surface area contributed by atoms with Gasteiger partial charge in [0, 0.05) is 32.7 Å². The minimum absolute atomic E-state index is 0. The molecule has 1 saturated heterocycles. The van der Waals surface area contributed by atoms with Crippen molar-refractivity contribution in [1.82, 2.24) is 15.5 Å². The minimum atomic E-state index is -0.866. The van der Waals surface area contributed by atoms with Crippen LogP contribution in [0.4, 0.5) is 0 Å². The standard InChI is InChI=1S/C22H38N4O4.HI/c1-5-11-30-19-8-7-18(14-20(19)28-4)15-24-21(23-6-2)25-16-22(3,27)17-26-9-12-29-13-10-26;/h7-8,14,27H,5-6,9-13,15-17H2,1-4H3,(H2,23,24,25);1H. The first kappa shape index (κ1) is 27.7. The Kier molecular flexibility index (Phi) is 13.2. The molecule has 0 radical (unpaired) electrons. The molecule has 1 atom stereocenters. The summed E-state index contributed by atoms with van der Waals surface area (Å²) < 4.78 is 16.5. The van der Waals surface area contributed by atoms with Gasteiger partial charge in [0.15, 0.2) is 17.5 Å². The Morgan fingerprint density at radius 3 is 2.61 bits per heavy atom. The summed E-state index contributed by atoms with van der Waals surface area (Å²) in [7, 11) is 1.64. The quantitative estimate of drug-likeness (QED) is 0.221. The van der Waals surface area contributed by atoms with Crippen LogP contribution in [0.25, 0.3) is 0 Å². The summed E-state index contributed by atoms with van der Waals surface area (Å²) in [5.41, 5.74) is 0.155. The van der Waals surface area contributed by atoms with Crippen LogP contribution < -0.4 is 20.1 Å². The Bertz CT molecular complexity index is 667. The average molecular weight is 550 g/mol. The van der Waals surface area contributed by atoms with E-state index in [1.54, 1.807) is 7.11 Å². The monoisotopic (exact) mass is 550 g/mol. The molecule has 1 aliphatic heterocycles. The Morgan fingerprint density at radius 2 is 1.97 bits per heavy atom. The topological polar surface area (TPSA) is 87.6 Å². The summed E-state index contributed by atoms with van der Waals surface area (Å²) in [6, 6.07) is 5.87. The van der Waals surface area contributed by atoms with Gasteiger partial charge in [-0.2, -0.15) is 0 Å². The van der Waals surface area contributed by atoms with Gasteiger partial charge in [0.25, 0.3) is 0 Å². The van der Waals surface area contributed by atoms with E-state index >= 15 is 0 Å². The second-order valence-electron chi connectivity index (χ2n) is 7.77. The van der Waals surface area contributed by atoms with Gasteiger partial charge >= 0.3 is 0 Å². The van der Waals surface area contributed by atoms with Crippen LogP contribution in [0.3, 0.4) is 0 Å². The highest BCUT2D eigenvalue weighted by Gasteiger charge is 2.25. The minimum Gasteiger partial charge on any atom is -0.493 e. The van der Waals surface area contributed by atoms with Gasteiger partial charge < -0.3 is 30.0 Å². The lowest BCUT2D eigenvalue weighted by molar-refractivity contribution is -0.0201. The molecule has 1 fully saturated rings. The number of guanidine groups is 1. The van der Waals surface area contributed by atoms with Crippen LogP contribution in [0.2, 0.25) is 0 Å². The third-order valence-electron chi connectivity index (χ3n) is 4.76. The van der Waals surface area contributed by atoms with Crippen LogP contribution in [-0.2, 0) is 11.3 Å². The first-order chi connectivity index (χ1) is 14.5. The predicted octanol–water partition coefficient (Wildman–Crippen LogP) is 2.24. The lowest BCUT2D eigenvalue weighted by atomic mass is 10.1.